The van der Waals surface area contributed by atoms with Crippen LogP contribution < -0.4 is 5.32 Å². The first kappa shape index (κ1) is 18.8. The van der Waals surface area contributed by atoms with Crippen LogP contribution in [0, 0.1) is 13.8 Å². The van der Waals surface area contributed by atoms with Crippen molar-refractivity contribution in [1.29, 1.82) is 0 Å². The maximum Gasteiger partial charge on any atom is 0.322 e. The number of nitrogens with one attached hydrogen (secondary N) is 1. The molecule has 0 aliphatic carbocycles. The molecule has 8 heteroatoms. The predicted molar refractivity (Wildman–Crippen MR) is 101 cm³/mol. The summed E-state index contributed by atoms with van der Waals surface area (Å²) >= 11 is 0. The largest absolute Gasteiger partial charge is 0.403 e. The van der Waals surface area contributed by atoms with Crippen LogP contribution in [0.5, 0.6) is 0 Å². The molecule has 140 valence electrons. The van der Waals surface area contributed by atoms with Crippen LogP contribution in [-0.4, -0.2) is 30.8 Å². The van der Waals surface area contributed by atoms with Crippen molar-refractivity contribution in [3.63, 3.8) is 0 Å². The molecule has 0 saturated heterocycles. The van der Waals surface area contributed by atoms with Gasteiger partial charge in [0.25, 0.3) is 0 Å². The Morgan fingerprint density at radius 2 is 1.78 bits per heavy atom. The second kappa shape index (κ2) is 7.32. The van der Waals surface area contributed by atoms with E-state index in [0.717, 1.165) is 22.9 Å². The molecule has 0 bridgehead atoms. The fourth-order valence-corrected chi connectivity index (χ4v) is 3.18. The zero-order chi connectivity index (χ0) is 19.6. The number of hydrogen-bond donors (Lipinski definition) is 1. The van der Waals surface area contributed by atoms with E-state index in [4.69, 9.17) is 4.42 Å². The van der Waals surface area contributed by atoms with Gasteiger partial charge in [-0.1, -0.05) is 34.9 Å². The van der Waals surface area contributed by atoms with Crippen molar-refractivity contribution >= 4 is 21.8 Å². The van der Waals surface area contributed by atoms with E-state index in [0.29, 0.717) is 11.5 Å². The lowest BCUT2D eigenvalue weighted by Crippen LogP contribution is -2.14. The maximum atomic E-state index is 12.2. The number of anilines is 1. The molecule has 1 heterocycles. The summed E-state index contributed by atoms with van der Waals surface area (Å²) in [5, 5.41) is 10.4. The van der Waals surface area contributed by atoms with Gasteiger partial charge in [0.15, 0.2) is 9.84 Å². The van der Waals surface area contributed by atoms with Crippen LogP contribution in [0.2, 0.25) is 0 Å². The summed E-state index contributed by atoms with van der Waals surface area (Å²) < 4.78 is 28.5. The van der Waals surface area contributed by atoms with Gasteiger partial charge >= 0.3 is 6.01 Å². The molecule has 0 fully saturated rings. The van der Waals surface area contributed by atoms with Crippen LogP contribution in [0.4, 0.5) is 6.01 Å². The molecule has 27 heavy (non-hydrogen) atoms. The number of carbonyl (C=O) groups is 1. The Morgan fingerprint density at radius 1 is 1.07 bits per heavy atom. The van der Waals surface area contributed by atoms with Gasteiger partial charge in [-0.25, -0.2) is 8.42 Å². The molecule has 0 aliphatic rings. The molecule has 3 aromatic rings. The third kappa shape index (κ3) is 4.59. The van der Waals surface area contributed by atoms with Crippen molar-refractivity contribution in [3.05, 3.63) is 59.2 Å². The van der Waals surface area contributed by atoms with Gasteiger partial charge in [-0.2, -0.15) is 0 Å². The van der Waals surface area contributed by atoms with Gasteiger partial charge in [0.05, 0.1) is 11.3 Å². The summed E-state index contributed by atoms with van der Waals surface area (Å²) in [4.78, 5) is 12.4. The first-order valence-corrected chi connectivity index (χ1v) is 10.1. The Bertz CT molecular complexity index is 1090. The first-order chi connectivity index (χ1) is 12.7. The third-order valence-corrected chi connectivity index (χ3v) is 5.14. The van der Waals surface area contributed by atoms with Crippen LogP contribution in [0.15, 0.2) is 51.8 Å². The van der Waals surface area contributed by atoms with Crippen LogP contribution in [-0.2, 0) is 21.1 Å². The average Bonchev–Trinajstić information content (AvgIpc) is 3.04. The highest BCUT2D eigenvalue weighted by Crippen LogP contribution is 2.24. The number of benzene rings is 2. The monoisotopic (exact) mass is 385 g/mol. The zero-order valence-corrected chi connectivity index (χ0v) is 16.0. The molecule has 7 nitrogen and oxygen atoms in total. The number of hydrogen-bond acceptors (Lipinski definition) is 6. The van der Waals surface area contributed by atoms with Crippen molar-refractivity contribution in [1.82, 2.24) is 10.2 Å². The highest BCUT2D eigenvalue weighted by atomic mass is 32.2. The number of aromatic nitrogens is 2. The Morgan fingerprint density at radius 3 is 2.44 bits per heavy atom. The normalized spacial score (nSPS) is 11.4. The Kier molecular flexibility index (Phi) is 5.09. The van der Waals surface area contributed by atoms with Crippen LogP contribution >= 0.6 is 0 Å². The van der Waals surface area contributed by atoms with Gasteiger partial charge in [0.2, 0.25) is 11.8 Å². The lowest BCUT2D eigenvalue weighted by molar-refractivity contribution is -0.115. The topological polar surface area (TPSA) is 102 Å². The second-order valence-corrected chi connectivity index (χ2v) is 8.39. The molecule has 1 N–H and O–H groups in total. The van der Waals surface area contributed by atoms with E-state index in [2.05, 4.69) is 15.5 Å². The molecule has 0 unspecified atom stereocenters. The highest BCUT2D eigenvalue weighted by Gasteiger charge is 2.14. The van der Waals surface area contributed by atoms with E-state index in [1.807, 2.05) is 32.0 Å². The first-order valence-electron chi connectivity index (χ1n) is 8.22. The predicted octanol–water partition coefficient (Wildman–Crippen LogP) is 2.94. The molecule has 1 aromatic heterocycles. The van der Waals surface area contributed by atoms with Crippen LogP contribution in [0.3, 0.4) is 0 Å². The Balaban J connectivity index is 1.68. The minimum absolute atomic E-state index is 0.0173. The summed E-state index contributed by atoms with van der Waals surface area (Å²) in [7, 11) is -3.26. The van der Waals surface area contributed by atoms with E-state index >= 15 is 0 Å². The second-order valence-electron chi connectivity index (χ2n) is 6.37. The molecule has 2 aromatic carbocycles. The van der Waals surface area contributed by atoms with Gasteiger partial charge in [-0.15, -0.1) is 5.10 Å². The fourth-order valence-electron chi connectivity index (χ4n) is 2.55. The molecule has 0 saturated carbocycles. The smallest absolute Gasteiger partial charge is 0.322 e. The molecule has 0 aliphatic heterocycles. The van der Waals surface area contributed by atoms with Gasteiger partial charge in [-0.3, -0.25) is 10.1 Å². The molecular weight excluding hydrogens is 366 g/mol. The van der Waals surface area contributed by atoms with E-state index in [9.17, 15) is 13.2 Å². The van der Waals surface area contributed by atoms with Crippen molar-refractivity contribution < 1.29 is 17.6 Å². The Hall–Kier alpha value is -3.00. The summed E-state index contributed by atoms with van der Waals surface area (Å²) in [6.07, 6.45) is 1.20. The minimum atomic E-state index is -3.26. The lowest BCUT2D eigenvalue weighted by Gasteiger charge is -2.03. The molecule has 0 atom stereocenters. The van der Waals surface area contributed by atoms with Crippen LogP contribution in [0.25, 0.3) is 11.5 Å². The standard InChI is InChI=1S/C19H19N3O4S/c1-12-4-5-13(2)16(10-12)18-21-22-19(26-18)20-17(23)11-14-6-8-15(9-7-14)27(3,24)25/h4-10H,11H2,1-3H3,(H,20,22,23). The van der Waals surface area contributed by atoms with Crippen LogP contribution in [0.1, 0.15) is 16.7 Å². The summed E-state index contributed by atoms with van der Waals surface area (Å²) in [5.41, 5.74) is 3.55. The van der Waals surface area contributed by atoms with E-state index in [1.54, 1.807) is 12.1 Å². The SMILES string of the molecule is Cc1ccc(C)c(-c2nnc(NC(=O)Cc3ccc(S(C)(=O)=O)cc3)o2)c1. The minimum Gasteiger partial charge on any atom is -0.403 e. The van der Waals surface area contributed by atoms with Crippen molar-refractivity contribution in [2.24, 2.45) is 0 Å². The Labute approximate surface area is 157 Å². The van der Waals surface area contributed by atoms with Gasteiger partial charge in [-0.05, 0) is 43.2 Å². The van der Waals surface area contributed by atoms with Crippen molar-refractivity contribution in [2.75, 3.05) is 11.6 Å². The molecular formula is C19H19N3O4S. The third-order valence-electron chi connectivity index (χ3n) is 4.01. The molecule has 1 amide bonds. The van der Waals surface area contributed by atoms with Crippen molar-refractivity contribution in [2.45, 2.75) is 25.2 Å². The van der Waals surface area contributed by atoms with Gasteiger partial charge in [0.1, 0.15) is 0 Å². The van der Waals surface area contributed by atoms with E-state index < -0.39 is 9.84 Å². The maximum absolute atomic E-state index is 12.2. The highest BCUT2D eigenvalue weighted by molar-refractivity contribution is 7.90. The quantitative estimate of drug-likeness (QED) is 0.724. The van der Waals surface area contributed by atoms with E-state index in [1.165, 1.54) is 12.1 Å². The zero-order valence-electron chi connectivity index (χ0n) is 15.2. The van der Waals surface area contributed by atoms with Gasteiger partial charge in [0, 0.05) is 11.8 Å². The number of rotatable bonds is 5. The average molecular weight is 385 g/mol. The lowest BCUT2D eigenvalue weighted by atomic mass is 10.1. The summed E-state index contributed by atoms with van der Waals surface area (Å²) in [5.74, 6) is 0.00211. The van der Waals surface area contributed by atoms with Gasteiger partial charge < -0.3 is 4.42 Å². The fraction of sp³-hybridized carbons (Fsp3) is 0.211. The number of nitrogens with zero attached hydrogens (tertiary/aromatic N) is 2. The summed E-state index contributed by atoms with van der Waals surface area (Å²) in [6, 6.07) is 12.1. The van der Waals surface area contributed by atoms with Crippen molar-refractivity contribution in [3.8, 4) is 11.5 Å². The number of sulfone groups is 1. The number of aryl methyl sites for hydroxylation is 2. The molecule has 3 rings (SSSR count). The summed E-state index contributed by atoms with van der Waals surface area (Å²) in [6.45, 7) is 3.91. The molecule has 0 spiro atoms. The molecule has 0 radical (unpaired) electrons. The number of amides is 1. The van der Waals surface area contributed by atoms with E-state index in [-0.39, 0.29) is 23.2 Å². The number of carbonyl (C=O) groups excluding carboxylic acids is 1.